The minimum Gasteiger partial charge on any atom is -0.299 e. The lowest BCUT2D eigenvalue weighted by Gasteiger charge is -2.21. The Hall–Kier alpha value is -3.55. The number of nitrogens with zero attached hydrogens (tertiary/aromatic N) is 6. The van der Waals surface area contributed by atoms with Gasteiger partial charge in [0, 0.05) is 35.8 Å². The van der Waals surface area contributed by atoms with Crippen LogP contribution in [0.2, 0.25) is 0 Å². The largest absolute Gasteiger partial charge is 0.328 e. The maximum absolute atomic E-state index is 13.3. The van der Waals surface area contributed by atoms with Gasteiger partial charge in [0.1, 0.15) is 0 Å². The molecule has 0 aliphatic heterocycles. The van der Waals surface area contributed by atoms with E-state index in [1.165, 1.54) is 32.1 Å². The molecule has 0 amide bonds. The number of pyridine rings is 1. The number of tetrazole rings is 1. The predicted octanol–water partition coefficient (Wildman–Crippen LogP) is 4.86. The van der Waals surface area contributed by atoms with Gasteiger partial charge in [-0.25, -0.2) is 9.89 Å². The molecule has 3 aromatic heterocycles. The zero-order valence-electron chi connectivity index (χ0n) is 20.4. The van der Waals surface area contributed by atoms with Gasteiger partial charge in [0.2, 0.25) is 0 Å². The SMILES string of the molecule is CCCc1cn(CCC2CCCCC2)c(=O)n1Cc1ccc(-c2ccccc2-c2nnn[nH]2)nc1. The number of aromatic nitrogens is 7. The van der Waals surface area contributed by atoms with Crippen molar-refractivity contribution in [1.82, 2.24) is 34.7 Å². The summed E-state index contributed by atoms with van der Waals surface area (Å²) in [6, 6.07) is 12.0. The van der Waals surface area contributed by atoms with Crippen molar-refractivity contribution in [2.45, 2.75) is 71.4 Å². The van der Waals surface area contributed by atoms with Crippen molar-refractivity contribution in [2.24, 2.45) is 5.92 Å². The maximum Gasteiger partial charge on any atom is 0.328 e. The van der Waals surface area contributed by atoms with E-state index in [9.17, 15) is 4.79 Å². The number of H-pyrrole nitrogens is 1. The van der Waals surface area contributed by atoms with E-state index in [2.05, 4.69) is 39.8 Å². The molecule has 0 atom stereocenters. The summed E-state index contributed by atoms with van der Waals surface area (Å²) in [4.78, 5) is 18.0. The first-order valence-corrected chi connectivity index (χ1v) is 12.8. The molecule has 1 aliphatic carbocycles. The first-order chi connectivity index (χ1) is 17.2. The quantitative estimate of drug-likeness (QED) is 0.376. The number of hydrogen-bond donors (Lipinski definition) is 1. The molecule has 1 aliphatic rings. The normalized spacial score (nSPS) is 14.4. The molecule has 1 saturated carbocycles. The summed E-state index contributed by atoms with van der Waals surface area (Å²) < 4.78 is 3.86. The first kappa shape index (κ1) is 23.2. The molecule has 4 aromatic rings. The highest BCUT2D eigenvalue weighted by Gasteiger charge is 2.17. The number of aryl methyl sites for hydroxylation is 2. The van der Waals surface area contributed by atoms with Crippen LogP contribution in [0.4, 0.5) is 0 Å². The van der Waals surface area contributed by atoms with Crippen molar-refractivity contribution >= 4 is 0 Å². The Kier molecular flexibility index (Phi) is 7.16. The number of hydrogen-bond acceptors (Lipinski definition) is 5. The minimum atomic E-state index is 0.0940. The fraction of sp³-hybridized carbons (Fsp3) is 0.444. The third-order valence-corrected chi connectivity index (χ3v) is 7.11. The molecule has 8 heteroatoms. The standard InChI is InChI=1S/C27H33N7O/c1-2-8-22-19-33(16-15-20-9-4-3-5-10-20)27(35)34(22)18-21-13-14-25(28-17-21)23-11-6-7-12-24(23)26-29-31-32-30-26/h6-7,11-14,17,19-20H,2-5,8-10,15-16,18H2,1H3,(H,29,30,31,32). The molecule has 1 fully saturated rings. The summed E-state index contributed by atoms with van der Waals surface area (Å²) in [5.74, 6) is 1.37. The average Bonchev–Trinajstić information content (AvgIpc) is 3.54. The van der Waals surface area contributed by atoms with Crippen molar-refractivity contribution in [3.8, 4) is 22.6 Å². The Labute approximate surface area is 205 Å². The minimum absolute atomic E-state index is 0.0940. The van der Waals surface area contributed by atoms with Crippen LogP contribution in [0.15, 0.2) is 53.6 Å². The van der Waals surface area contributed by atoms with Gasteiger partial charge < -0.3 is 0 Å². The molecule has 8 nitrogen and oxygen atoms in total. The second-order valence-electron chi connectivity index (χ2n) is 9.57. The van der Waals surface area contributed by atoms with E-state index in [1.54, 1.807) is 0 Å². The Morgan fingerprint density at radius 2 is 1.89 bits per heavy atom. The third kappa shape index (κ3) is 5.26. The van der Waals surface area contributed by atoms with Gasteiger partial charge in [-0.1, -0.05) is 75.8 Å². The highest BCUT2D eigenvalue weighted by molar-refractivity contribution is 5.78. The number of aromatic amines is 1. The van der Waals surface area contributed by atoms with Crippen molar-refractivity contribution in [3.63, 3.8) is 0 Å². The van der Waals surface area contributed by atoms with E-state index < -0.39 is 0 Å². The summed E-state index contributed by atoms with van der Waals surface area (Å²) >= 11 is 0. The maximum atomic E-state index is 13.3. The summed E-state index contributed by atoms with van der Waals surface area (Å²) in [6.45, 7) is 3.51. The topological polar surface area (TPSA) is 94.3 Å². The molecule has 0 radical (unpaired) electrons. The fourth-order valence-electron chi connectivity index (χ4n) is 5.21. The van der Waals surface area contributed by atoms with Gasteiger partial charge in [-0.15, -0.1) is 5.10 Å². The molecule has 0 saturated heterocycles. The molecule has 35 heavy (non-hydrogen) atoms. The summed E-state index contributed by atoms with van der Waals surface area (Å²) in [5, 5.41) is 14.3. The molecule has 0 spiro atoms. The van der Waals surface area contributed by atoms with Crippen LogP contribution in [0.5, 0.6) is 0 Å². The molecule has 1 aromatic carbocycles. The Bertz CT molecular complexity index is 1280. The van der Waals surface area contributed by atoms with Crippen LogP contribution in [0.1, 0.15) is 63.1 Å². The number of nitrogens with one attached hydrogen (secondary N) is 1. The van der Waals surface area contributed by atoms with E-state index in [0.717, 1.165) is 59.8 Å². The van der Waals surface area contributed by atoms with Gasteiger partial charge in [-0.05, 0) is 40.8 Å². The van der Waals surface area contributed by atoms with E-state index in [-0.39, 0.29) is 5.69 Å². The van der Waals surface area contributed by atoms with Crippen molar-refractivity contribution in [3.05, 3.63) is 70.5 Å². The molecule has 5 rings (SSSR count). The molecule has 1 N–H and O–H groups in total. The predicted molar refractivity (Wildman–Crippen MR) is 136 cm³/mol. The van der Waals surface area contributed by atoms with Crippen LogP contribution in [0.3, 0.4) is 0 Å². The van der Waals surface area contributed by atoms with Gasteiger partial charge in [0.15, 0.2) is 5.82 Å². The van der Waals surface area contributed by atoms with Crippen molar-refractivity contribution < 1.29 is 0 Å². The molecule has 0 bridgehead atoms. The van der Waals surface area contributed by atoms with E-state index in [1.807, 2.05) is 45.7 Å². The highest BCUT2D eigenvalue weighted by Crippen LogP contribution is 2.28. The van der Waals surface area contributed by atoms with E-state index in [0.29, 0.717) is 12.4 Å². The average molecular weight is 472 g/mol. The number of rotatable bonds is 9. The van der Waals surface area contributed by atoms with Crippen LogP contribution in [-0.4, -0.2) is 34.7 Å². The Balaban J connectivity index is 1.35. The zero-order chi connectivity index (χ0) is 24.0. The summed E-state index contributed by atoms with van der Waals surface area (Å²) in [6.07, 6.45) is 13.6. The van der Waals surface area contributed by atoms with Gasteiger partial charge in [-0.2, -0.15) is 0 Å². The zero-order valence-corrected chi connectivity index (χ0v) is 20.4. The van der Waals surface area contributed by atoms with Crippen molar-refractivity contribution in [1.29, 1.82) is 0 Å². The summed E-state index contributed by atoms with van der Waals surface area (Å²) in [5.41, 5.74) is 4.90. The molecule has 0 unspecified atom stereocenters. The first-order valence-electron chi connectivity index (χ1n) is 12.8. The smallest absolute Gasteiger partial charge is 0.299 e. The Morgan fingerprint density at radius 3 is 2.60 bits per heavy atom. The monoisotopic (exact) mass is 471 g/mol. The molecule has 3 heterocycles. The molecular formula is C27H33N7O. The van der Waals surface area contributed by atoms with Gasteiger partial charge in [0.05, 0.1) is 12.2 Å². The van der Waals surface area contributed by atoms with Gasteiger partial charge >= 0.3 is 5.69 Å². The van der Waals surface area contributed by atoms with Crippen LogP contribution in [-0.2, 0) is 19.5 Å². The number of benzene rings is 1. The number of imidazole rings is 1. The van der Waals surface area contributed by atoms with Crippen LogP contribution in [0, 0.1) is 5.92 Å². The van der Waals surface area contributed by atoms with Gasteiger partial charge in [-0.3, -0.25) is 14.1 Å². The van der Waals surface area contributed by atoms with Gasteiger partial charge in [0.25, 0.3) is 0 Å². The van der Waals surface area contributed by atoms with E-state index >= 15 is 0 Å². The lowest BCUT2D eigenvalue weighted by Crippen LogP contribution is -2.26. The Morgan fingerprint density at radius 1 is 1.06 bits per heavy atom. The lowest BCUT2D eigenvalue weighted by atomic mass is 9.87. The fourth-order valence-corrected chi connectivity index (χ4v) is 5.21. The highest BCUT2D eigenvalue weighted by atomic mass is 16.1. The molecule has 182 valence electrons. The second-order valence-corrected chi connectivity index (χ2v) is 9.57. The van der Waals surface area contributed by atoms with Crippen LogP contribution in [0.25, 0.3) is 22.6 Å². The summed E-state index contributed by atoms with van der Waals surface area (Å²) in [7, 11) is 0. The second kappa shape index (κ2) is 10.8. The third-order valence-electron chi connectivity index (χ3n) is 7.11. The van der Waals surface area contributed by atoms with Crippen molar-refractivity contribution in [2.75, 3.05) is 0 Å². The lowest BCUT2D eigenvalue weighted by molar-refractivity contribution is 0.322. The van der Waals surface area contributed by atoms with Crippen LogP contribution >= 0.6 is 0 Å². The van der Waals surface area contributed by atoms with Crippen LogP contribution < -0.4 is 5.69 Å². The van der Waals surface area contributed by atoms with E-state index in [4.69, 9.17) is 4.98 Å². The molecular weight excluding hydrogens is 438 g/mol.